The maximum absolute atomic E-state index is 11.9. The number of nitrogens with one attached hydrogen (secondary N) is 1. The van der Waals surface area contributed by atoms with Gasteiger partial charge in [0.05, 0.1) is 25.5 Å². The first kappa shape index (κ1) is 15.0. The zero-order valence-electron chi connectivity index (χ0n) is 12.1. The van der Waals surface area contributed by atoms with Crippen molar-refractivity contribution in [3.63, 3.8) is 0 Å². The molecule has 6 heteroatoms. The summed E-state index contributed by atoms with van der Waals surface area (Å²) in [6.07, 6.45) is 1.98. The minimum atomic E-state index is -0.335. The number of aliphatic hydroxyl groups is 1. The first-order valence-electron chi connectivity index (χ1n) is 6.90. The number of likely N-dealkylation sites (N-methyl/N-ethyl adjacent to an activating group) is 1. The molecule has 6 nitrogen and oxygen atoms in total. The average molecular weight is 281 g/mol. The Morgan fingerprint density at radius 1 is 1.60 bits per heavy atom. The van der Waals surface area contributed by atoms with E-state index in [2.05, 4.69) is 10.2 Å². The molecule has 1 amide bonds. The lowest BCUT2D eigenvalue weighted by molar-refractivity contribution is -0.122. The van der Waals surface area contributed by atoms with Crippen molar-refractivity contribution in [2.75, 3.05) is 33.7 Å². The van der Waals surface area contributed by atoms with Gasteiger partial charge in [-0.15, -0.1) is 0 Å². The molecule has 2 atom stereocenters. The van der Waals surface area contributed by atoms with Crippen LogP contribution in [0.5, 0.6) is 0 Å². The molecule has 0 aromatic carbocycles. The Labute approximate surface area is 119 Å². The number of likely N-dealkylation sites (tertiary alicyclic amines) is 1. The van der Waals surface area contributed by atoms with Crippen LogP contribution in [0.4, 0.5) is 0 Å². The number of amides is 1. The molecule has 0 spiro atoms. The summed E-state index contributed by atoms with van der Waals surface area (Å²) in [4.78, 5) is 16.1. The molecule has 2 N–H and O–H groups in total. The van der Waals surface area contributed by atoms with Crippen LogP contribution in [-0.2, 0) is 11.3 Å². The Hall–Kier alpha value is -1.37. The van der Waals surface area contributed by atoms with Gasteiger partial charge in [0.2, 0.25) is 5.91 Å². The lowest BCUT2D eigenvalue weighted by Gasteiger charge is -2.25. The number of carbonyl (C=O) groups is 1. The second-order valence-electron chi connectivity index (χ2n) is 5.59. The third-order valence-electron chi connectivity index (χ3n) is 3.47. The number of hydrogen-bond acceptors (Lipinski definition) is 5. The number of β-amino-alcohol motifs (C(OH)–C–C–N with tert-alkyl or cyclic N) is 1. The Kier molecular flexibility index (Phi) is 5.17. The quantitative estimate of drug-likeness (QED) is 0.761. The van der Waals surface area contributed by atoms with E-state index in [4.69, 9.17) is 4.42 Å². The highest BCUT2D eigenvalue weighted by atomic mass is 16.3. The standard InChI is InChI=1S/C14H23N3O3/c1-16(2)8-11-6-12(18)9-17(11)10-14(19)15-7-13-4-3-5-20-13/h3-5,11-12,18H,6-10H2,1-2H3,(H,15,19). The highest BCUT2D eigenvalue weighted by molar-refractivity contribution is 5.78. The van der Waals surface area contributed by atoms with Gasteiger partial charge < -0.3 is 19.7 Å². The Balaban J connectivity index is 1.79. The van der Waals surface area contributed by atoms with Crippen LogP contribution < -0.4 is 5.32 Å². The van der Waals surface area contributed by atoms with Gasteiger partial charge in [0.15, 0.2) is 0 Å². The smallest absolute Gasteiger partial charge is 0.234 e. The van der Waals surface area contributed by atoms with Gasteiger partial charge in [0.1, 0.15) is 5.76 Å². The van der Waals surface area contributed by atoms with Crippen molar-refractivity contribution in [1.29, 1.82) is 0 Å². The van der Waals surface area contributed by atoms with Gasteiger partial charge in [0, 0.05) is 19.1 Å². The zero-order chi connectivity index (χ0) is 14.5. The first-order chi connectivity index (χ1) is 9.54. The third kappa shape index (κ3) is 4.33. The molecule has 2 rings (SSSR count). The summed E-state index contributed by atoms with van der Waals surface area (Å²) in [7, 11) is 4.00. The van der Waals surface area contributed by atoms with Gasteiger partial charge in [-0.05, 0) is 32.6 Å². The molecule has 1 saturated heterocycles. The second-order valence-corrected chi connectivity index (χ2v) is 5.59. The van der Waals surface area contributed by atoms with Crippen molar-refractivity contribution in [2.45, 2.75) is 25.1 Å². The predicted octanol–water partition coefficient (Wildman–Crippen LogP) is -0.107. The van der Waals surface area contributed by atoms with E-state index in [0.717, 1.165) is 18.7 Å². The molecule has 1 aliphatic heterocycles. The molecule has 2 heterocycles. The van der Waals surface area contributed by atoms with E-state index < -0.39 is 0 Å². The van der Waals surface area contributed by atoms with Crippen molar-refractivity contribution in [3.8, 4) is 0 Å². The Morgan fingerprint density at radius 2 is 2.40 bits per heavy atom. The largest absolute Gasteiger partial charge is 0.467 e. The molecule has 1 fully saturated rings. The predicted molar refractivity (Wildman–Crippen MR) is 75.1 cm³/mol. The van der Waals surface area contributed by atoms with E-state index in [9.17, 15) is 9.90 Å². The van der Waals surface area contributed by atoms with Crippen molar-refractivity contribution >= 4 is 5.91 Å². The number of rotatable bonds is 6. The van der Waals surface area contributed by atoms with Crippen LogP contribution in [-0.4, -0.2) is 66.7 Å². The Bertz CT molecular complexity index is 419. The normalized spacial score (nSPS) is 23.4. The molecule has 0 aliphatic carbocycles. The van der Waals surface area contributed by atoms with E-state index in [0.29, 0.717) is 19.6 Å². The van der Waals surface area contributed by atoms with Crippen molar-refractivity contribution in [2.24, 2.45) is 0 Å². The van der Waals surface area contributed by atoms with Crippen LogP contribution in [0.2, 0.25) is 0 Å². The molecular formula is C14H23N3O3. The topological polar surface area (TPSA) is 69.0 Å². The summed E-state index contributed by atoms with van der Waals surface area (Å²) in [5, 5.41) is 12.6. The van der Waals surface area contributed by atoms with Crippen LogP contribution in [0.25, 0.3) is 0 Å². The maximum Gasteiger partial charge on any atom is 0.234 e. The number of aliphatic hydroxyl groups excluding tert-OH is 1. The lowest BCUT2D eigenvalue weighted by Crippen LogP contribution is -2.43. The third-order valence-corrected chi connectivity index (χ3v) is 3.47. The molecule has 1 aromatic rings. The van der Waals surface area contributed by atoms with Gasteiger partial charge in [-0.2, -0.15) is 0 Å². The van der Waals surface area contributed by atoms with Crippen molar-refractivity contribution < 1.29 is 14.3 Å². The van der Waals surface area contributed by atoms with E-state index in [1.54, 1.807) is 12.3 Å². The molecule has 0 bridgehead atoms. The van der Waals surface area contributed by atoms with E-state index in [1.807, 2.05) is 25.1 Å². The average Bonchev–Trinajstić information content (AvgIpc) is 2.97. The fourth-order valence-electron chi connectivity index (χ4n) is 2.60. The summed E-state index contributed by atoms with van der Waals surface area (Å²) >= 11 is 0. The molecule has 112 valence electrons. The number of furan rings is 1. The summed E-state index contributed by atoms with van der Waals surface area (Å²) in [6, 6.07) is 3.86. The van der Waals surface area contributed by atoms with Crippen LogP contribution in [0.1, 0.15) is 12.2 Å². The molecule has 20 heavy (non-hydrogen) atoms. The fourth-order valence-corrected chi connectivity index (χ4v) is 2.60. The van der Waals surface area contributed by atoms with Crippen molar-refractivity contribution in [1.82, 2.24) is 15.1 Å². The summed E-state index contributed by atoms with van der Waals surface area (Å²) in [5.74, 6) is 0.698. The van der Waals surface area contributed by atoms with Gasteiger partial charge in [0.25, 0.3) is 0 Å². The van der Waals surface area contributed by atoms with E-state index in [-0.39, 0.29) is 18.1 Å². The highest BCUT2D eigenvalue weighted by Crippen LogP contribution is 2.17. The van der Waals surface area contributed by atoms with Crippen LogP contribution >= 0.6 is 0 Å². The number of carbonyl (C=O) groups excluding carboxylic acids is 1. The SMILES string of the molecule is CN(C)CC1CC(O)CN1CC(=O)NCc1ccco1. The monoisotopic (exact) mass is 281 g/mol. The van der Waals surface area contributed by atoms with Crippen LogP contribution in [0, 0.1) is 0 Å². The Morgan fingerprint density at radius 3 is 3.05 bits per heavy atom. The minimum Gasteiger partial charge on any atom is -0.467 e. The van der Waals surface area contributed by atoms with Crippen LogP contribution in [0.15, 0.2) is 22.8 Å². The highest BCUT2D eigenvalue weighted by Gasteiger charge is 2.32. The fraction of sp³-hybridized carbons (Fsp3) is 0.643. The molecule has 0 saturated carbocycles. The summed E-state index contributed by atoms with van der Waals surface area (Å²) in [6.45, 7) is 2.13. The van der Waals surface area contributed by atoms with Gasteiger partial charge >= 0.3 is 0 Å². The number of nitrogens with zero attached hydrogens (tertiary/aromatic N) is 2. The number of hydrogen-bond donors (Lipinski definition) is 2. The van der Waals surface area contributed by atoms with Gasteiger partial charge in [-0.3, -0.25) is 9.69 Å². The first-order valence-corrected chi connectivity index (χ1v) is 6.90. The summed E-state index contributed by atoms with van der Waals surface area (Å²) < 4.78 is 5.17. The molecule has 2 unspecified atom stereocenters. The molecule has 0 radical (unpaired) electrons. The maximum atomic E-state index is 11.9. The molecule has 1 aliphatic rings. The summed E-state index contributed by atoms with van der Waals surface area (Å²) in [5.41, 5.74) is 0. The van der Waals surface area contributed by atoms with Crippen LogP contribution in [0.3, 0.4) is 0 Å². The lowest BCUT2D eigenvalue weighted by atomic mass is 10.2. The second kappa shape index (κ2) is 6.88. The minimum absolute atomic E-state index is 0.0424. The van der Waals surface area contributed by atoms with Gasteiger partial charge in [-0.25, -0.2) is 0 Å². The molecule has 1 aromatic heterocycles. The molecular weight excluding hydrogens is 258 g/mol. The van der Waals surface area contributed by atoms with Crippen molar-refractivity contribution in [3.05, 3.63) is 24.2 Å². The van der Waals surface area contributed by atoms with E-state index in [1.165, 1.54) is 0 Å². The van der Waals surface area contributed by atoms with E-state index >= 15 is 0 Å². The zero-order valence-corrected chi connectivity index (χ0v) is 12.1. The van der Waals surface area contributed by atoms with Gasteiger partial charge in [-0.1, -0.05) is 0 Å².